The molecule has 0 fully saturated rings. The topological polar surface area (TPSA) is 40.5 Å². The molecule has 0 saturated carbocycles. The van der Waals surface area contributed by atoms with Gasteiger partial charge in [0.05, 0.1) is 0 Å². The van der Waals surface area contributed by atoms with Crippen molar-refractivity contribution in [2.45, 2.75) is 59.3 Å². The van der Waals surface area contributed by atoms with E-state index < -0.39 is 0 Å². The van der Waals surface area contributed by atoms with Crippen LogP contribution in [0.3, 0.4) is 0 Å². The van der Waals surface area contributed by atoms with Gasteiger partial charge in [0.1, 0.15) is 11.5 Å². The van der Waals surface area contributed by atoms with Gasteiger partial charge >= 0.3 is 0 Å². The Kier molecular flexibility index (Phi) is 5.58. The number of phenols is 2. The second-order valence-electron chi connectivity index (χ2n) is 6.87. The molecule has 2 aromatic carbocycles. The lowest BCUT2D eigenvalue weighted by atomic mass is 9.64. The zero-order valence-electron chi connectivity index (χ0n) is 15.6. The average Bonchev–Trinajstić information content (AvgIpc) is 2.58. The maximum atomic E-state index is 10.1. The molecule has 0 heterocycles. The van der Waals surface area contributed by atoms with Crippen LogP contribution in [0.4, 0.5) is 0 Å². The van der Waals surface area contributed by atoms with Crippen LogP contribution in [0, 0.1) is 5.92 Å². The van der Waals surface area contributed by atoms with Crippen molar-refractivity contribution in [1.82, 2.24) is 0 Å². The van der Waals surface area contributed by atoms with Gasteiger partial charge in [-0.15, -0.1) is 0 Å². The first-order valence-electron chi connectivity index (χ1n) is 9.05. The van der Waals surface area contributed by atoms with Gasteiger partial charge < -0.3 is 10.2 Å². The first-order chi connectivity index (χ1) is 11.4. The van der Waals surface area contributed by atoms with Crippen LogP contribution in [0.25, 0.3) is 0 Å². The number of hydrogen-bond donors (Lipinski definition) is 2. The first-order valence-corrected chi connectivity index (χ1v) is 9.05. The van der Waals surface area contributed by atoms with Crippen LogP contribution in [0.1, 0.15) is 63.3 Å². The quantitative estimate of drug-likeness (QED) is 0.728. The molecule has 0 amide bonds. The maximum absolute atomic E-state index is 10.1. The van der Waals surface area contributed by atoms with E-state index in [0.717, 1.165) is 30.4 Å². The number of aromatic hydroxyl groups is 2. The minimum Gasteiger partial charge on any atom is -0.508 e. The molecule has 0 aliphatic heterocycles. The SMILES string of the molecule is CCc1cc(C(CC)(c2ccc(O)c(CC)c2)C(C)C)ccc1O. The molecule has 0 spiro atoms. The first kappa shape index (κ1) is 18.4. The summed E-state index contributed by atoms with van der Waals surface area (Å²) in [5.74, 6) is 1.14. The fourth-order valence-corrected chi connectivity index (χ4v) is 3.94. The molecule has 0 aliphatic carbocycles. The van der Waals surface area contributed by atoms with Gasteiger partial charge in [0.15, 0.2) is 0 Å². The smallest absolute Gasteiger partial charge is 0.118 e. The fourth-order valence-electron chi connectivity index (χ4n) is 3.94. The van der Waals surface area contributed by atoms with E-state index in [4.69, 9.17) is 0 Å². The zero-order chi connectivity index (χ0) is 17.9. The normalized spacial score (nSPS) is 11.9. The lowest BCUT2D eigenvalue weighted by Crippen LogP contribution is -2.33. The molecule has 0 atom stereocenters. The van der Waals surface area contributed by atoms with Crippen LogP contribution in [-0.4, -0.2) is 10.2 Å². The van der Waals surface area contributed by atoms with Gasteiger partial charge in [-0.3, -0.25) is 0 Å². The minimum atomic E-state index is -0.130. The maximum Gasteiger partial charge on any atom is 0.118 e. The molecule has 2 N–H and O–H groups in total. The third-order valence-electron chi connectivity index (χ3n) is 5.49. The van der Waals surface area contributed by atoms with E-state index in [1.165, 1.54) is 11.1 Å². The number of benzene rings is 2. The lowest BCUT2D eigenvalue weighted by Gasteiger charge is -2.39. The van der Waals surface area contributed by atoms with Gasteiger partial charge in [0, 0.05) is 5.41 Å². The highest BCUT2D eigenvalue weighted by Crippen LogP contribution is 2.44. The summed E-state index contributed by atoms with van der Waals surface area (Å²) in [6.45, 7) is 10.9. The number of phenolic OH excluding ortho intramolecular Hbond substituents is 2. The van der Waals surface area contributed by atoms with Crippen molar-refractivity contribution >= 4 is 0 Å². The van der Waals surface area contributed by atoms with E-state index in [-0.39, 0.29) is 5.41 Å². The Morgan fingerprint density at radius 3 is 1.50 bits per heavy atom. The van der Waals surface area contributed by atoms with Crippen molar-refractivity contribution in [3.63, 3.8) is 0 Å². The van der Waals surface area contributed by atoms with Crippen LogP contribution in [0.5, 0.6) is 11.5 Å². The van der Waals surface area contributed by atoms with Gasteiger partial charge in [-0.05, 0) is 59.6 Å². The van der Waals surface area contributed by atoms with E-state index in [1.54, 1.807) is 0 Å². The Morgan fingerprint density at radius 2 is 1.21 bits per heavy atom. The summed E-state index contributed by atoms with van der Waals surface area (Å²) in [5.41, 5.74) is 4.32. The molecular weight excluding hydrogens is 296 g/mol. The molecule has 0 saturated heterocycles. The molecule has 2 aromatic rings. The Hall–Kier alpha value is -1.96. The van der Waals surface area contributed by atoms with Crippen LogP contribution < -0.4 is 0 Å². The van der Waals surface area contributed by atoms with Gasteiger partial charge in [-0.1, -0.05) is 58.9 Å². The Balaban J connectivity index is 2.71. The Bertz CT molecular complexity index is 648. The van der Waals surface area contributed by atoms with E-state index in [1.807, 2.05) is 12.1 Å². The highest BCUT2D eigenvalue weighted by molar-refractivity contribution is 5.48. The second kappa shape index (κ2) is 7.29. The standard InChI is InChI=1S/C22H30O2/c1-6-16-13-18(9-11-20(16)23)22(8-3,15(4)5)19-10-12-21(24)17(7-2)14-19/h9-15,23-24H,6-8H2,1-5H3. The fraction of sp³-hybridized carbons (Fsp3) is 0.455. The zero-order valence-corrected chi connectivity index (χ0v) is 15.6. The van der Waals surface area contributed by atoms with Gasteiger partial charge in [-0.2, -0.15) is 0 Å². The molecule has 2 rings (SSSR count). The van der Waals surface area contributed by atoms with Crippen molar-refractivity contribution in [2.24, 2.45) is 5.92 Å². The van der Waals surface area contributed by atoms with Crippen LogP contribution in [0.2, 0.25) is 0 Å². The van der Waals surface area contributed by atoms with E-state index in [0.29, 0.717) is 17.4 Å². The van der Waals surface area contributed by atoms with Crippen molar-refractivity contribution < 1.29 is 10.2 Å². The van der Waals surface area contributed by atoms with Gasteiger partial charge in [0.25, 0.3) is 0 Å². The monoisotopic (exact) mass is 326 g/mol. The summed E-state index contributed by atoms with van der Waals surface area (Å²) in [7, 11) is 0. The van der Waals surface area contributed by atoms with Crippen molar-refractivity contribution in [2.75, 3.05) is 0 Å². The number of aryl methyl sites for hydroxylation is 2. The molecule has 2 nitrogen and oxygen atoms in total. The second-order valence-corrected chi connectivity index (χ2v) is 6.87. The van der Waals surface area contributed by atoms with Crippen molar-refractivity contribution in [3.8, 4) is 11.5 Å². The van der Waals surface area contributed by atoms with Crippen LogP contribution >= 0.6 is 0 Å². The molecular formula is C22H30O2. The summed E-state index contributed by atoms with van der Waals surface area (Å²) in [4.78, 5) is 0. The van der Waals surface area contributed by atoms with Crippen molar-refractivity contribution in [3.05, 3.63) is 58.7 Å². The third-order valence-corrected chi connectivity index (χ3v) is 5.49. The molecule has 130 valence electrons. The number of hydrogen-bond acceptors (Lipinski definition) is 2. The van der Waals surface area contributed by atoms with Gasteiger partial charge in [-0.25, -0.2) is 0 Å². The predicted octanol–water partition coefficient (Wildman–Crippen LogP) is 5.57. The average molecular weight is 326 g/mol. The summed E-state index contributed by atoms with van der Waals surface area (Å²) in [6, 6.07) is 12.0. The largest absolute Gasteiger partial charge is 0.508 e. The summed E-state index contributed by atoms with van der Waals surface area (Å²) in [5, 5.41) is 20.1. The molecule has 2 heteroatoms. The Morgan fingerprint density at radius 1 is 0.792 bits per heavy atom. The summed E-state index contributed by atoms with van der Waals surface area (Å²) in [6.07, 6.45) is 2.59. The molecule has 0 radical (unpaired) electrons. The molecule has 0 aromatic heterocycles. The van der Waals surface area contributed by atoms with Crippen molar-refractivity contribution in [1.29, 1.82) is 0 Å². The van der Waals surface area contributed by atoms with E-state index in [9.17, 15) is 10.2 Å². The minimum absolute atomic E-state index is 0.130. The van der Waals surface area contributed by atoms with Crippen LogP contribution in [0.15, 0.2) is 36.4 Å². The lowest BCUT2D eigenvalue weighted by molar-refractivity contribution is 0.356. The molecule has 0 aliphatic rings. The van der Waals surface area contributed by atoms with E-state index >= 15 is 0 Å². The third kappa shape index (κ3) is 3.02. The van der Waals surface area contributed by atoms with Gasteiger partial charge in [0.2, 0.25) is 0 Å². The van der Waals surface area contributed by atoms with Crippen LogP contribution in [-0.2, 0) is 18.3 Å². The Labute approximate surface area is 146 Å². The molecule has 0 unspecified atom stereocenters. The predicted molar refractivity (Wildman–Crippen MR) is 101 cm³/mol. The molecule has 0 bridgehead atoms. The highest BCUT2D eigenvalue weighted by atomic mass is 16.3. The summed E-state index contributed by atoms with van der Waals surface area (Å²) < 4.78 is 0. The summed E-state index contributed by atoms with van der Waals surface area (Å²) >= 11 is 0. The van der Waals surface area contributed by atoms with E-state index in [2.05, 4.69) is 58.9 Å². The number of rotatable bonds is 6. The highest BCUT2D eigenvalue weighted by Gasteiger charge is 2.36. The molecule has 24 heavy (non-hydrogen) atoms.